The second-order valence-electron chi connectivity index (χ2n) is 2.18. The quantitative estimate of drug-likeness (QED) is 0.685. The highest BCUT2D eigenvalue weighted by atomic mass is 19.1. The van der Waals surface area contributed by atoms with Crippen molar-refractivity contribution in [2.24, 2.45) is 5.73 Å². The van der Waals surface area contributed by atoms with Crippen molar-refractivity contribution in [1.82, 2.24) is 0 Å². The number of hydrogen-bond donors (Lipinski definition) is 1. The molecule has 1 atom stereocenters. The summed E-state index contributed by atoms with van der Waals surface area (Å²) in [6.45, 7) is 1.92. The molecule has 0 spiro atoms. The Morgan fingerprint density at radius 1 is 1.80 bits per heavy atom. The van der Waals surface area contributed by atoms with E-state index < -0.39 is 0 Å². The molecule has 10 heavy (non-hydrogen) atoms. The maximum atomic E-state index is 12.3. The zero-order chi connectivity index (χ0) is 7.56. The van der Waals surface area contributed by atoms with Gasteiger partial charge < -0.3 is 10.2 Å². The third-order valence-electron chi connectivity index (χ3n) is 1.39. The average molecular weight is 143 g/mol. The Balaban J connectivity index is 2.74. The van der Waals surface area contributed by atoms with Crippen molar-refractivity contribution in [3.05, 3.63) is 23.9 Å². The molecule has 3 heteroatoms. The Morgan fingerprint density at radius 3 is 2.90 bits per heavy atom. The van der Waals surface area contributed by atoms with Crippen LogP contribution in [-0.2, 0) is 0 Å². The first-order chi connectivity index (χ1) is 4.74. The predicted molar refractivity (Wildman–Crippen MR) is 35.9 cm³/mol. The topological polar surface area (TPSA) is 39.2 Å². The molecule has 56 valence electrons. The van der Waals surface area contributed by atoms with Gasteiger partial charge >= 0.3 is 0 Å². The van der Waals surface area contributed by atoms with Crippen LogP contribution >= 0.6 is 0 Å². The molecule has 2 N–H and O–H groups in total. The van der Waals surface area contributed by atoms with Gasteiger partial charge in [-0.1, -0.05) is 6.92 Å². The monoisotopic (exact) mass is 143 g/mol. The number of furan rings is 1. The maximum absolute atomic E-state index is 12.3. The molecule has 0 saturated heterocycles. The molecule has 0 bridgehead atoms. The van der Waals surface area contributed by atoms with Gasteiger partial charge in [-0.15, -0.1) is 0 Å². The maximum Gasteiger partial charge on any atom is 0.161 e. The van der Waals surface area contributed by atoms with E-state index in [-0.39, 0.29) is 11.9 Å². The third kappa shape index (κ3) is 1.36. The zero-order valence-corrected chi connectivity index (χ0v) is 5.80. The highest BCUT2D eigenvalue weighted by Crippen LogP contribution is 2.15. The summed E-state index contributed by atoms with van der Waals surface area (Å²) in [5, 5.41) is 0. The van der Waals surface area contributed by atoms with E-state index in [1.807, 2.05) is 6.92 Å². The largest absolute Gasteiger partial charge is 0.465 e. The van der Waals surface area contributed by atoms with E-state index in [1.165, 1.54) is 6.07 Å². The molecule has 1 rings (SSSR count). The fourth-order valence-corrected chi connectivity index (χ4v) is 0.724. The van der Waals surface area contributed by atoms with Crippen LogP contribution in [0.2, 0.25) is 0 Å². The van der Waals surface area contributed by atoms with Crippen LogP contribution in [-0.4, -0.2) is 0 Å². The molecule has 0 aliphatic rings. The molecule has 0 amide bonds. The van der Waals surface area contributed by atoms with Gasteiger partial charge in [0, 0.05) is 6.07 Å². The number of nitrogens with two attached hydrogens (primary N) is 1. The van der Waals surface area contributed by atoms with Gasteiger partial charge in [0.1, 0.15) is 12.0 Å². The minimum absolute atomic E-state index is 0.176. The van der Waals surface area contributed by atoms with Crippen molar-refractivity contribution in [2.75, 3.05) is 0 Å². The van der Waals surface area contributed by atoms with E-state index in [0.29, 0.717) is 5.76 Å². The van der Waals surface area contributed by atoms with E-state index in [2.05, 4.69) is 0 Å². The molecular weight excluding hydrogens is 133 g/mol. The summed E-state index contributed by atoms with van der Waals surface area (Å²) in [7, 11) is 0. The minimum atomic E-state index is -0.362. The molecular formula is C7H10FNO. The van der Waals surface area contributed by atoms with Crippen LogP contribution in [0.5, 0.6) is 0 Å². The van der Waals surface area contributed by atoms with Gasteiger partial charge in [0.15, 0.2) is 5.82 Å². The summed E-state index contributed by atoms with van der Waals surface area (Å²) in [6, 6.07) is 1.14. The molecule has 0 aliphatic heterocycles. The Bertz CT molecular complexity index is 209. The van der Waals surface area contributed by atoms with Crippen LogP contribution in [0.1, 0.15) is 25.1 Å². The lowest BCUT2D eigenvalue weighted by Crippen LogP contribution is -2.06. The molecule has 0 fully saturated rings. The van der Waals surface area contributed by atoms with E-state index in [9.17, 15) is 4.39 Å². The summed E-state index contributed by atoms with van der Waals surface area (Å²) < 4.78 is 17.1. The normalized spacial score (nSPS) is 13.5. The van der Waals surface area contributed by atoms with Crippen molar-refractivity contribution in [1.29, 1.82) is 0 Å². The number of rotatable bonds is 2. The van der Waals surface area contributed by atoms with Gasteiger partial charge in [-0.25, -0.2) is 4.39 Å². The van der Waals surface area contributed by atoms with Crippen molar-refractivity contribution >= 4 is 0 Å². The Labute approximate surface area is 58.8 Å². The molecule has 0 aromatic carbocycles. The fraction of sp³-hybridized carbons (Fsp3) is 0.429. The van der Waals surface area contributed by atoms with Gasteiger partial charge in [0.05, 0.1) is 6.04 Å². The van der Waals surface area contributed by atoms with Crippen LogP contribution in [0.15, 0.2) is 16.7 Å². The summed E-state index contributed by atoms with van der Waals surface area (Å²) in [4.78, 5) is 0. The molecule has 2 nitrogen and oxygen atoms in total. The van der Waals surface area contributed by atoms with Gasteiger partial charge in [0.2, 0.25) is 0 Å². The summed E-state index contributed by atoms with van der Waals surface area (Å²) in [5.74, 6) is 0.152. The Morgan fingerprint density at radius 2 is 2.50 bits per heavy atom. The van der Waals surface area contributed by atoms with Crippen LogP contribution in [0, 0.1) is 5.82 Å². The summed E-state index contributed by atoms with van der Waals surface area (Å²) in [6.07, 6.45) is 1.82. The molecule has 1 aromatic rings. The molecule has 1 heterocycles. The summed E-state index contributed by atoms with van der Waals surface area (Å²) >= 11 is 0. The number of hydrogen-bond acceptors (Lipinski definition) is 2. The lowest BCUT2D eigenvalue weighted by atomic mass is 10.2. The molecule has 1 aromatic heterocycles. The molecule has 0 unspecified atom stereocenters. The van der Waals surface area contributed by atoms with Crippen LogP contribution in [0.25, 0.3) is 0 Å². The van der Waals surface area contributed by atoms with E-state index in [4.69, 9.17) is 10.2 Å². The van der Waals surface area contributed by atoms with E-state index >= 15 is 0 Å². The minimum Gasteiger partial charge on any atom is -0.465 e. The molecule has 0 aliphatic carbocycles. The van der Waals surface area contributed by atoms with Crippen LogP contribution < -0.4 is 5.73 Å². The zero-order valence-electron chi connectivity index (χ0n) is 5.80. The van der Waals surface area contributed by atoms with Crippen LogP contribution in [0.3, 0.4) is 0 Å². The second kappa shape index (κ2) is 2.84. The first-order valence-electron chi connectivity index (χ1n) is 3.23. The van der Waals surface area contributed by atoms with Crippen molar-refractivity contribution in [2.45, 2.75) is 19.4 Å². The standard InChI is InChI=1S/C7H10FNO/c1-2-6(9)7-3-5(8)4-10-7/h3-4,6H,2,9H2,1H3/t6-/m0/s1. The van der Waals surface area contributed by atoms with Crippen molar-refractivity contribution < 1.29 is 8.81 Å². The highest BCUT2D eigenvalue weighted by Gasteiger charge is 2.07. The third-order valence-corrected chi connectivity index (χ3v) is 1.39. The number of halogens is 1. The predicted octanol–water partition coefficient (Wildman–Crippen LogP) is 1.83. The highest BCUT2D eigenvalue weighted by molar-refractivity contribution is 5.04. The van der Waals surface area contributed by atoms with Gasteiger partial charge in [-0.05, 0) is 6.42 Å². The SMILES string of the molecule is CC[C@H](N)c1cc(F)co1. The second-order valence-corrected chi connectivity index (χ2v) is 2.18. The fourth-order valence-electron chi connectivity index (χ4n) is 0.724. The van der Waals surface area contributed by atoms with Crippen molar-refractivity contribution in [3.63, 3.8) is 0 Å². The first kappa shape index (κ1) is 7.28. The van der Waals surface area contributed by atoms with E-state index in [0.717, 1.165) is 12.7 Å². The van der Waals surface area contributed by atoms with Gasteiger partial charge in [-0.3, -0.25) is 0 Å². The molecule has 0 radical (unpaired) electrons. The summed E-state index contributed by atoms with van der Waals surface area (Å²) in [5.41, 5.74) is 5.55. The van der Waals surface area contributed by atoms with Crippen LogP contribution in [0.4, 0.5) is 4.39 Å². The Kier molecular flexibility index (Phi) is 2.06. The van der Waals surface area contributed by atoms with Gasteiger partial charge in [0.25, 0.3) is 0 Å². The lowest BCUT2D eigenvalue weighted by Gasteiger charge is -2.01. The Hall–Kier alpha value is -0.830. The lowest BCUT2D eigenvalue weighted by molar-refractivity contribution is 0.453. The average Bonchev–Trinajstić information content (AvgIpc) is 2.34. The van der Waals surface area contributed by atoms with Crippen molar-refractivity contribution in [3.8, 4) is 0 Å². The van der Waals surface area contributed by atoms with Gasteiger partial charge in [-0.2, -0.15) is 0 Å². The smallest absolute Gasteiger partial charge is 0.161 e. The molecule has 0 saturated carbocycles. The van der Waals surface area contributed by atoms with E-state index in [1.54, 1.807) is 0 Å². The first-order valence-corrected chi connectivity index (χ1v) is 3.23.